The highest BCUT2D eigenvalue weighted by molar-refractivity contribution is 5.78. The first kappa shape index (κ1) is 13.9. The molecule has 0 radical (unpaired) electrons. The molecule has 0 saturated carbocycles. The van der Waals surface area contributed by atoms with E-state index < -0.39 is 0 Å². The lowest BCUT2D eigenvalue weighted by molar-refractivity contribution is -0.120. The van der Waals surface area contributed by atoms with Crippen LogP contribution in [0.15, 0.2) is 24.3 Å². The molecular formula is C15H22N2O2. The number of benzene rings is 1. The molecule has 1 aliphatic rings. The van der Waals surface area contributed by atoms with Gasteiger partial charge >= 0.3 is 0 Å². The van der Waals surface area contributed by atoms with E-state index in [1.165, 1.54) is 0 Å². The highest BCUT2D eigenvalue weighted by atomic mass is 16.5. The second-order valence-electron chi connectivity index (χ2n) is 5.32. The molecule has 1 saturated heterocycles. The van der Waals surface area contributed by atoms with Crippen molar-refractivity contribution in [2.45, 2.75) is 26.4 Å². The van der Waals surface area contributed by atoms with Gasteiger partial charge in [0.1, 0.15) is 5.75 Å². The van der Waals surface area contributed by atoms with E-state index in [1.807, 2.05) is 38.1 Å². The molecule has 1 fully saturated rings. The molecule has 1 heterocycles. The van der Waals surface area contributed by atoms with E-state index in [0.29, 0.717) is 12.3 Å². The predicted octanol–water partition coefficient (Wildman–Crippen LogP) is 1.35. The number of amides is 1. The van der Waals surface area contributed by atoms with Gasteiger partial charge in [0.25, 0.3) is 0 Å². The van der Waals surface area contributed by atoms with Crippen LogP contribution in [0, 0.1) is 5.92 Å². The second-order valence-corrected chi connectivity index (χ2v) is 5.32. The molecule has 19 heavy (non-hydrogen) atoms. The van der Waals surface area contributed by atoms with Gasteiger partial charge in [-0.1, -0.05) is 12.1 Å². The first-order valence-corrected chi connectivity index (χ1v) is 6.86. The molecule has 0 aromatic heterocycles. The van der Waals surface area contributed by atoms with Crippen molar-refractivity contribution in [1.82, 2.24) is 10.6 Å². The Labute approximate surface area is 114 Å². The Morgan fingerprint density at radius 2 is 2.26 bits per heavy atom. The summed E-state index contributed by atoms with van der Waals surface area (Å²) in [6.45, 7) is 6.78. The molecule has 0 spiro atoms. The zero-order valence-electron chi connectivity index (χ0n) is 11.6. The summed E-state index contributed by atoms with van der Waals surface area (Å²) < 4.78 is 5.62. The van der Waals surface area contributed by atoms with Gasteiger partial charge in [-0.25, -0.2) is 0 Å². The van der Waals surface area contributed by atoms with Gasteiger partial charge in [-0.15, -0.1) is 0 Å². The van der Waals surface area contributed by atoms with Crippen molar-refractivity contribution >= 4 is 5.91 Å². The minimum absolute atomic E-state index is 0.0774. The van der Waals surface area contributed by atoms with Crippen molar-refractivity contribution in [3.8, 4) is 5.75 Å². The number of rotatable bonds is 6. The van der Waals surface area contributed by atoms with E-state index in [9.17, 15) is 4.79 Å². The normalized spacial score (nSPS) is 15.1. The van der Waals surface area contributed by atoms with Gasteiger partial charge in [-0.05, 0) is 31.5 Å². The fraction of sp³-hybridized carbons (Fsp3) is 0.533. The maximum Gasteiger partial charge on any atom is 0.224 e. The summed E-state index contributed by atoms with van der Waals surface area (Å²) in [5.74, 6) is 1.50. The molecule has 1 aromatic carbocycles. The van der Waals surface area contributed by atoms with Crippen LogP contribution in [-0.2, 0) is 11.2 Å². The molecule has 0 atom stereocenters. The second kappa shape index (κ2) is 6.57. The lowest BCUT2D eigenvalue weighted by Crippen LogP contribution is -2.48. The van der Waals surface area contributed by atoms with Crippen LogP contribution in [-0.4, -0.2) is 31.6 Å². The Morgan fingerprint density at radius 3 is 2.89 bits per heavy atom. The van der Waals surface area contributed by atoms with Crippen molar-refractivity contribution in [1.29, 1.82) is 0 Å². The largest absolute Gasteiger partial charge is 0.491 e. The van der Waals surface area contributed by atoms with Crippen LogP contribution in [0.1, 0.15) is 19.4 Å². The number of hydrogen-bond acceptors (Lipinski definition) is 3. The standard InChI is InChI=1S/C15H22N2O2/c1-11(2)19-14-5-3-4-12(6-14)7-15(18)17-10-13-8-16-9-13/h3-6,11,13,16H,7-10H2,1-2H3,(H,17,18). The average Bonchev–Trinajstić information content (AvgIpc) is 2.26. The lowest BCUT2D eigenvalue weighted by Gasteiger charge is -2.27. The average molecular weight is 262 g/mol. The minimum Gasteiger partial charge on any atom is -0.491 e. The van der Waals surface area contributed by atoms with Gasteiger partial charge in [0.15, 0.2) is 0 Å². The molecule has 0 aliphatic carbocycles. The molecule has 1 aliphatic heterocycles. The van der Waals surface area contributed by atoms with Gasteiger partial charge in [0.05, 0.1) is 12.5 Å². The van der Waals surface area contributed by atoms with Crippen molar-refractivity contribution < 1.29 is 9.53 Å². The van der Waals surface area contributed by atoms with Gasteiger partial charge in [-0.2, -0.15) is 0 Å². The van der Waals surface area contributed by atoms with E-state index in [1.54, 1.807) is 0 Å². The van der Waals surface area contributed by atoms with Crippen LogP contribution < -0.4 is 15.4 Å². The number of carbonyl (C=O) groups excluding carboxylic acids is 1. The van der Waals surface area contributed by atoms with Crippen molar-refractivity contribution in [3.05, 3.63) is 29.8 Å². The summed E-state index contributed by atoms with van der Waals surface area (Å²) in [6, 6.07) is 7.74. The van der Waals surface area contributed by atoms with E-state index in [-0.39, 0.29) is 12.0 Å². The number of ether oxygens (including phenoxy) is 1. The smallest absolute Gasteiger partial charge is 0.224 e. The van der Waals surface area contributed by atoms with Crippen LogP contribution in [0.25, 0.3) is 0 Å². The number of carbonyl (C=O) groups is 1. The summed E-state index contributed by atoms with van der Waals surface area (Å²) >= 11 is 0. The topological polar surface area (TPSA) is 50.4 Å². The van der Waals surface area contributed by atoms with Crippen LogP contribution in [0.2, 0.25) is 0 Å². The quantitative estimate of drug-likeness (QED) is 0.813. The maximum atomic E-state index is 11.8. The van der Waals surface area contributed by atoms with Crippen LogP contribution in [0.4, 0.5) is 0 Å². The summed E-state index contributed by atoms with van der Waals surface area (Å²) in [7, 11) is 0. The molecular weight excluding hydrogens is 240 g/mol. The summed E-state index contributed by atoms with van der Waals surface area (Å²) in [5, 5.41) is 6.17. The molecule has 1 aromatic rings. The number of nitrogens with one attached hydrogen (secondary N) is 2. The fourth-order valence-corrected chi connectivity index (χ4v) is 2.00. The summed E-state index contributed by atoms with van der Waals surface area (Å²) in [4.78, 5) is 11.8. The van der Waals surface area contributed by atoms with Crippen molar-refractivity contribution in [3.63, 3.8) is 0 Å². The van der Waals surface area contributed by atoms with E-state index in [2.05, 4.69) is 10.6 Å². The van der Waals surface area contributed by atoms with E-state index >= 15 is 0 Å². The molecule has 0 bridgehead atoms. The lowest BCUT2D eigenvalue weighted by atomic mass is 10.0. The minimum atomic E-state index is 0.0774. The third-order valence-corrected chi connectivity index (χ3v) is 3.09. The van der Waals surface area contributed by atoms with Crippen molar-refractivity contribution in [2.24, 2.45) is 5.92 Å². The Hall–Kier alpha value is -1.55. The monoisotopic (exact) mass is 262 g/mol. The zero-order valence-corrected chi connectivity index (χ0v) is 11.6. The third kappa shape index (κ3) is 4.56. The van der Waals surface area contributed by atoms with Gasteiger partial charge < -0.3 is 15.4 Å². The highest BCUT2D eigenvalue weighted by Crippen LogP contribution is 2.15. The first-order chi connectivity index (χ1) is 9.13. The molecule has 2 rings (SSSR count). The first-order valence-electron chi connectivity index (χ1n) is 6.86. The number of hydrogen-bond donors (Lipinski definition) is 2. The fourth-order valence-electron chi connectivity index (χ4n) is 2.00. The predicted molar refractivity (Wildman–Crippen MR) is 75.3 cm³/mol. The maximum absolute atomic E-state index is 11.8. The van der Waals surface area contributed by atoms with Crippen LogP contribution >= 0.6 is 0 Å². The Morgan fingerprint density at radius 1 is 1.47 bits per heavy atom. The Balaban J connectivity index is 1.81. The molecule has 2 N–H and O–H groups in total. The Bertz CT molecular complexity index is 428. The molecule has 104 valence electrons. The molecule has 1 amide bonds. The summed E-state index contributed by atoms with van der Waals surface area (Å²) in [6.07, 6.45) is 0.560. The molecule has 0 unspecified atom stereocenters. The SMILES string of the molecule is CC(C)Oc1cccc(CC(=O)NCC2CNC2)c1. The van der Waals surface area contributed by atoms with Crippen LogP contribution in [0.5, 0.6) is 5.75 Å². The van der Waals surface area contributed by atoms with Gasteiger partial charge in [-0.3, -0.25) is 4.79 Å². The van der Waals surface area contributed by atoms with Gasteiger partial charge in [0.2, 0.25) is 5.91 Å². The van der Waals surface area contributed by atoms with Crippen LogP contribution in [0.3, 0.4) is 0 Å². The third-order valence-electron chi connectivity index (χ3n) is 3.09. The molecule has 4 nitrogen and oxygen atoms in total. The van der Waals surface area contributed by atoms with E-state index in [4.69, 9.17) is 4.74 Å². The van der Waals surface area contributed by atoms with E-state index in [0.717, 1.165) is 30.9 Å². The Kier molecular flexibility index (Phi) is 4.80. The molecule has 4 heteroatoms. The zero-order chi connectivity index (χ0) is 13.7. The van der Waals surface area contributed by atoms with Gasteiger partial charge in [0, 0.05) is 25.6 Å². The van der Waals surface area contributed by atoms with Crippen molar-refractivity contribution in [2.75, 3.05) is 19.6 Å². The summed E-state index contributed by atoms with van der Waals surface area (Å²) in [5.41, 5.74) is 0.988. The highest BCUT2D eigenvalue weighted by Gasteiger charge is 2.17.